The molecule has 2 aromatic rings. The summed E-state index contributed by atoms with van der Waals surface area (Å²) in [6.07, 6.45) is -0.532. The van der Waals surface area contributed by atoms with E-state index in [0.717, 1.165) is 11.3 Å². The van der Waals surface area contributed by atoms with E-state index in [1.807, 2.05) is 49.4 Å². The summed E-state index contributed by atoms with van der Waals surface area (Å²) in [6.45, 7) is 4.88. The third-order valence-corrected chi connectivity index (χ3v) is 3.48. The fraction of sp³-hybridized carbons (Fsp3) is 0.333. The minimum Gasteiger partial charge on any atom is -0.491 e. The van der Waals surface area contributed by atoms with Gasteiger partial charge in [-0.15, -0.1) is 12.4 Å². The molecular formula is C18H24ClNO2. The molecule has 0 aliphatic rings. The van der Waals surface area contributed by atoms with Gasteiger partial charge in [0.05, 0.1) is 0 Å². The summed E-state index contributed by atoms with van der Waals surface area (Å²) in [5, 5.41) is 13.3. The Labute approximate surface area is 138 Å². The predicted octanol–water partition coefficient (Wildman–Crippen LogP) is 3.51. The van der Waals surface area contributed by atoms with Gasteiger partial charge in [0.1, 0.15) is 18.5 Å². The third-order valence-electron chi connectivity index (χ3n) is 3.48. The fourth-order valence-corrected chi connectivity index (χ4v) is 2.14. The van der Waals surface area contributed by atoms with Crippen molar-refractivity contribution in [2.45, 2.75) is 26.0 Å². The van der Waals surface area contributed by atoms with Gasteiger partial charge in [-0.1, -0.05) is 48.5 Å². The summed E-state index contributed by atoms with van der Waals surface area (Å²) in [6, 6.07) is 18.2. The summed E-state index contributed by atoms with van der Waals surface area (Å²) in [5.74, 6) is 0.827. The number of rotatable bonds is 7. The van der Waals surface area contributed by atoms with E-state index < -0.39 is 6.10 Å². The Balaban J connectivity index is 0.00000242. The van der Waals surface area contributed by atoms with Crippen LogP contribution in [0.4, 0.5) is 0 Å². The molecule has 0 saturated heterocycles. The maximum absolute atomic E-state index is 10.0. The molecule has 2 aromatic carbocycles. The summed E-state index contributed by atoms with van der Waals surface area (Å²) in [5.41, 5.74) is 2.29. The molecule has 0 amide bonds. The largest absolute Gasteiger partial charge is 0.491 e. The van der Waals surface area contributed by atoms with Crippen molar-refractivity contribution in [2.75, 3.05) is 13.2 Å². The monoisotopic (exact) mass is 321 g/mol. The molecule has 0 radical (unpaired) electrons. The number of aliphatic hydroxyl groups is 1. The Morgan fingerprint density at radius 1 is 1.05 bits per heavy atom. The molecule has 0 aliphatic carbocycles. The van der Waals surface area contributed by atoms with E-state index in [4.69, 9.17) is 4.74 Å². The van der Waals surface area contributed by atoms with E-state index in [0.29, 0.717) is 13.2 Å². The first-order valence-electron chi connectivity index (χ1n) is 7.31. The van der Waals surface area contributed by atoms with Crippen molar-refractivity contribution in [1.82, 2.24) is 5.32 Å². The van der Waals surface area contributed by atoms with Crippen LogP contribution in [0.25, 0.3) is 0 Å². The Hall–Kier alpha value is -1.55. The van der Waals surface area contributed by atoms with Crippen molar-refractivity contribution < 1.29 is 9.84 Å². The van der Waals surface area contributed by atoms with Crippen LogP contribution in [0.5, 0.6) is 5.75 Å². The van der Waals surface area contributed by atoms with Crippen molar-refractivity contribution in [2.24, 2.45) is 0 Å². The molecule has 0 saturated carbocycles. The number of nitrogens with one attached hydrogen (secondary N) is 1. The van der Waals surface area contributed by atoms with E-state index in [1.165, 1.54) is 5.56 Å². The molecule has 0 bridgehead atoms. The van der Waals surface area contributed by atoms with Gasteiger partial charge in [-0.3, -0.25) is 0 Å². The van der Waals surface area contributed by atoms with Gasteiger partial charge in [0, 0.05) is 12.6 Å². The second-order valence-electron chi connectivity index (χ2n) is 5.27. The summed E-state index contributed by atoms with van der Waals surface area (Å²) < 4.78 is 5.65. The topological polar surface area (TPSA) is 41.5 Å². The van der Waals surface area contributed by atoms with Crippen LogP contribution in [0.2, 0.25) is 0 Å². The average molecular weight is 322 g/mol. The summed E-state index contributed by atoms with van der Waals surface area (Å²) >= 11 is 0. The normalized spacial score (nSPS) is 13.0. The third kappa shape index (κ3) is 5.68. The Morgan fingerprint density at radius 2 is 1.68 bits per heavy atom. The van der Waals surface area contributed by atoms with Crippen LogP contribution in [-0.2, 0) is 0 Å². The van der Waals surface area contributed by atoms with E-state index >= 15 is 0 Å². The number of halogens is 1. The number of hydrogen-bond acceptors (Lipinski definition) is 3. The van der Waals surface area contributed by atoms with Crippen molar-refractivity contribution in [3.8, 4) is 5.75 Å². The first-order chi connectivity index (χ1) is 10.2. The van der Waals surface area contributed by atoms with Gasteiger partial charge >= 0.3 is 0 Å². The lowest BCUT2D eigenvalue weighted by molar-refractivity contribution is 0.104. The van der Waals surface area contributed by atoms with Crippen molar-refractivity contribution in [1.29, 1.82) is 0 Å². The highest BCUT2D eigenvalue weighted by Gasteiger charge is 2.09. The molecule has 4 heteroatoms. The zero-order chi connectivity index (χ0) is 15.1. The van der Waals surface area contributed by atoms with Crippen LogP contribution in [0.3, 0.4) is 0 Å². The minimum atomic E-state index is -0.532. The van der Waals surface area contributed by atoms with Gasteiger partial charge in [-0.05, 0) is 31.0 Å². The molecule has 120 valence electrons. The van der Waals surface area contributed by atoms with Crippen LogP contribution in [0, 0.1) is 6.92 Å². The van der Waals surface area contributed by atoms with Crippen LogP contribution >= 0.6 is 12.4 Å². The highest BCUT2D eigenvalue weighted by atomic mass is 35.5. The summed E-state index contributed by atoms with van der Waals surface area (Å²) in [7, 11) is 0. The van der Waals surface area contributed by atoms with E-state index in [9.17, 15) is 5.11 Å². The van der Waals surface area contributed by atoms with E-state index in [-0.39, 0.29) is 18.4 Å². The van der Waals surface area contributed by atoms with Crippen LogP contribution < -0.4 is 10.1 Å². The molecule has 2 atom stereocenters. The maximum Gasteiger partial charge on any atom is 0.122 e. The number of ether oxygens (including phenoxy) is 1. The average Bonchev–Trinajstić information content (AvgIpc) is 2.52. The molecule has 0 aliphatic heterocycles. The van der Waals surface area contributed by atoms with Crippen molar-refractivity contribution in [3.63, 3.8) is 0 Å². The van der Waals surface area contributed by atoms with E-state index in [1.54, 1.807) is 0 Å². The number of para-hydroxylation sites is 1. The zero-order valence-electron chi connectivity index (χ0n) is 13.0. The first-order valence-corrected chi connectivity index (χ1v) is 7.31. The number of hydrogen-bond donors (Lipinski definition) is 2. The lowest BCUT2D eigenvalue weighted by atomic mass is 10.1. The van der Waals surface area contributed by atoms with Gasteiger partial charge < -0.3 is 15.2 Å². The molecule has 0 fully saturated rings. The Kier molecular flexibility index (Phi) is 7.96. The standard InChI is InChI=1S/C18H23NO2.ClH/c1-14-8-6-7-11-18(14)21-13-17(20)12-19-15(2)16-9-4-3-5-10-16;/h3-11,15,17,19-20H,12-13H2,1-2H3;1H. The number of aryl methyl sites for hydroxylation is 1. The molecule has 2 unspecified atom stereocenters. The van der Waals surface area contributed by atoms with Crippen LogP contribution in [-0.4, -0.2) is 24.4 Å². The molecule has 0 aromatic heterocycles. The van der Waals surface area contributed by atoms with Gasteiger partial charge in [-0.25, -0.2) is 0 Å². The molecule has 22 heavy (non-hydrogen) atoms. The number of benzene rings is 2. The highest BCUT2D eigenvalue weighted by Crippen LogP contribution is 2.16. The SMILES string of the molecule is Cc1ccccc1OCC(O)CNC(C)c1ccccc1.Cl. The molecule has 0 heterocycles. The lowest BCUT2D eigenvalue weighted by Crippen LogP contribution is -2.33. The molecule has 3 nitrogen and oxygen atoms in total. The molecule has 0 spiro atoms. The Bertz CT molecular complexity index is 548. The smallest absolute Gasteiger partial charge is 0.122 e. The quantitative estimate of drug-likeness (QED) is 0.820. The maximum atomic E-state index is 10.0. The second-order valence-corrected chi connectivity index (χ2v) is 5.27. The fourth-order valence-electron chi connectivity index (χ4n) is 2.14. The van der Waals surface area contributed by atoms with Gasteiger partial charge in [0.25, 0.3) is 0 Å². The van der Waals surface area contributed by atoms with Gasteiger partial charge in [0.15, 0.2) is 0 Å². The van der Waals surface area contributed by atoms with Crippen LogP contribution in [0.15, 0.2) is 54.6 Å². The molecule has 2 N–H and O–H groups in total. The molecule has 2 rings (SSSR count). The highest BCUT2D eigenvalue weighted by molar-refractivity contribution is 5.85. The van der Waals surface area contributed by atoms with E-state index in [2.05, 4.69) is 24.4 Å². The molecular weight excluding hydrogens is 298 g/mol. The Morgan fingerprint density at radius 3 is 2.36 bits per heavy atom. The van der Waals surface area contributed by atoms with Gasteiger partial charge in [-0.2, -0.15) is 0 Å². The first kappa shape index (κ1) is 18.5. The lowest BCUT2D eigenvalue weighted by Gasteiger charge is -2.18. The van der Waals surface area contributed by atoms with Crippen molar-refractivity contribution >= 4 is 12.4 Å². The summed E-state index contributed by atoms with van der Waals surface area (Å²) in [4.78, 5) is 0. The van der Waals surface area contributed by atoms with Crippen LogP contribution in [0.1, 0.15) is 24.1 Å². The van der Waals surface area contributed by atoms with Crippen molar-refractivity contribution in [3.05, 3.63) is 65.7 Å². The minimum absolute atomic E-state index is 0. The second kappa shape index (κ2) is 9.46. The zero-order valence-corrected chi connectivity index (χ0v) is 13.8. The predicted molar refractivity (Wildman–Crippen MR) is 92.8 cm³/mol. The number of aliphatic hydroxyl groups excluding tert-OH is 1. The van der Waals surface area contributed by atoms with Gasteiger partial charge in [0.2, 0.25) is 0 Å².